The van der Waals surface area contributed by atoms with E-state index in [1.807, 2.05) is 13.8 Å². The predicted molar refractivity (Wildman–Crippen MR) is 61.7 cm³/mol. The van der Waals surface area contributed by atoms with Gasteiger partial charge in [-0.25, -0.2) is 0 Å². The third kappa shape index (κ3) is 3.93. The molecule has 0 radical (unpaired) electrons. The molecule has 4 nitrogen and oxygen atoms in total. The van der Waals surface area contributed by atoms with Crippen LogP contribution in [-0.4, -0.2) is 23.5 Å². The van der Waals surface area contributed by atoms with Crippen molar-refractivity contribution in [3.05, 3.63) is 0 Å². The molecule has 0 aliphatic carbocycles. The Balaban J connectivity index is 4.28. The Bertz CT molecular complexity index is 287. The SMILES string of the molecule is C#CCCC(=O)NCC(CC)(CC)C(=O)O. The maximum Gasteiger partial charge on any atom is 0.311 e. The molecule has 0 spiro atoms. The van der Waals surface area contributed by atoms with E-state index in [0.717, 1.165) is 0 Å². The summed E-state index contributed by atoms with van der Waals surface area (Å²) in [5.74, 6) is 1.31. The molecule has 1 amide bonds. The first-order valence-electron chi connectivity index (χ1n) is 5.46. The van der Waals surface area contributed by atoms with Crippen molar-refractivity contribution in [3.63, 3.8) is 0 Å². The molecule has 16 heavy (non-hydrogen) atoms. The molecule has 2 N–H and O–H groups in total. The Labute approximate surface area is 96.4 Å². The fraction of sp³-hybridized carbons (Fsp3) is 0.667. The van der Waals surface area contributed by atoms with Gasteiger partial charge in [0.05, 0.1) is 5.41 Å². The molecule has 0 aromatic heterocycles. The molecular weight excluding hydrogens is 206 g/mol. The molecule has 0 heterocycles. The number of amides is 1. The Morgan fingerprint density at radius 2 is 1.94 bits per heavy atom. The van der Waals surface area contributed by atoms with Crippen LogP contribution in [0.15, 0.2) is 0 Å². The summed E-state index contributed by atoms with van der Waals surface area (Å²) >= 11 is 0. The quantitative estimate of drug-likeness (QED) is 0.644. The minimum atomic E-state index is -0.866. The average molecular weight is 225 g/mol. The van der Waals surface area contributed by atoms with E-state index in [2.05, 4.69) is 11.2 Å². The molecule has 4 heteroatoms. The van der Waals surface area contributed by atoms with Gasteiger partial charge in [-0.05, 0) is 12.8 Å². The van der Waals surface area contributed by atoms with Crippen LogP contribution in [0.2, 0.25) is 0 Å². The fourth-order valence-corrected chi connectivity index (χ4v) is 1.42. The molecule has 0 aromatic rings. The molecule has 0 unspecified atom stereocenters. The van der Waals surface area contributed by atoms with E-state index < -0.39 is 11.4 Å². The van der Waals surface area contributed by atoms with Crippen molar-refractivity contribution < 1.29 is 14.7 Å². The summed E-state index contributed by atoms with van der Waals surface area (Å²) in [4.78, 5) is 22.4. The van der Waals surface area contributed by atoms with Crippen LogP contribution in [0.25, 0.3) is 0 Å². The van der Waals surface area contributed by atoms with Gasteiger partial charge in [0.1, 0.15) is 0 Å². The summed E-state index contributed by atoms with van der Waals surface area (Å²) in [7, 11) is 0. The highest BCUT2D eigenvalue weighted by Gasteiger charge is 2.34. The summed E-state index contributed by atoms with van der Waals surface area (Å²) in [5.41, 5.74) is -0.855. The zero-order chi connectivity index (χ0) is 12.6. The van der Waals surface area contributed by atoms with Gasteiger partial charge in [-0.2, -0.15) is 0 Å². The molecule has 0 bridgehead atoms. The van der Waals surface area contributed by atoms with Gasteiger partial charge in [0, 0.05) is 19.4 Å². The molecule has 0 aliphatic heterocycles. The van der Waals surface area contributed by atoms with Gasteiger partial charge >= 0.3 is 5.97 Å². The lowest BCUT2D eigenvalue weighted by atomic mass is 9.82. The van der Waals surface area contributed by atoms with Gasteiger partial charge in [0.15, 0.2) is 0 Å². The van der Waals surface area contributed by atoms with E-state index in [4.69, 9.17) is 11.5 Å². The number of carbonyl (C=O) groups is 2. The van der Waals surface area contributed by atoms with Crippen molar-refractivity contribution in [1.82, 2.24) is 5.32 Å². The van der Waals surface area contributed by atoms with Gasteiger partial charge in [0.2, 0.25) is 5.91 Å². The summed E-state index contributed by atoms with van der Waals surface area (Å²) in [6.07, 6.45) is 6.65. The Hall–Kier alpha value is -1.50. The van der Waals surface area contributed by atoms with E-state index in [1.54, 1.807) is 0 Å². The van der Waals surface area contributed by atoms with E-state index >= 15 is 0 Å². The number of carbonyl (C=O) groups excluding carboxylic acids is 1. The largest absolute Gasteiger partial charge is 0.481 e. The van der Waals surface area contributed by atoms with Crippen LogP contribution in [0.5, 0.6) is 0 Å². The van der Waals surface area contributed by atoms with Gasteiger partial charge in [-0.1, -0.05) is 13.8 Å². The normalized spacial score (nSPS) is 10.6. The zero-order valence-electron chi connectivity index (χ0n) is 9.88. The van der Waals surface area contributed by atoms with Crippen LogP contribution in [0.4, 0.5) is 0 Å². The zero-order valence-corrected chi connectivity index (χ0v) is 9.88. The Morgan fingerprint density at radius 3 is 2.31 bits per heavy atom. The average Bonchev–Trinajstić information content (AvgIpc) is 2.28. The van der Waals surface area contributed by atoms with E-state index in [-0.39, 0.29) is 18.9 Å². The van der Waals surface area contributed by atoms with Gasteiger partial charge in [-0.3, -0.25) is 9.59 Å². The topological polar surface area (TPSA) is 66.4 Å². The van der Waals surface area contributed by atoms with Crippen molar-refractivity contribution in [2.45, 2.75) is 39.5 Å². The molecule has 0 rings (SSSR count). The minimum absolute atomic E-state index is 0.165. The molecule has 0 atom stereocenters. The van der Waals surface area contributed by atoms with Gasteiger partial charge in [-0.15, -0.1) is 12.3 Å². The molecule has 0 fully saturated rings. The number of hydrogen-bond acceptors (Lipinski definition) is 2. The van der Waals surface area contributed by atoms with E-state index in [0.29, 0.717) is 19.3 Å². The summed E-state index contributed by atoms with van der Waals surface area (Å²) in [6, 6.07) is 0. The van der Waals surface area contributed by atoms with Crippen LogP contribution >= 0.6 is 0 Å². The number of carboxylic acids is 1. The molecule has 0 saturated heterocycles. The predicted octanol–water partition coefficient (Wildman–Crippen LogP) is 1.41. The maximum atomic E-state index is 11.3. The van der Waals surface area contributed by atoms with Crippen molar-refractivity contribution in [1.29, 1.82) is 0 Å². The lowest BCUT2D eigenvalue weighted by Crippen LogP contribution is -2.42. The van der Waals surface area contributed by atoms with Crippen LogP contribution in [0, 0.1) is 17.8 Å². The van der Waals surface area contributed by atoms with Crippen LogP contribution < -0.4 is 5.32 Å². The Morgan fingerprint density at radius 1 is 1.38 bits per heavy atom. The molecule has 0 aliphatic rings. The summed E-state index contributed by atoms with van der Waals surface area (Å²) in [6.45, 7) is 3.79. The minimum Gasteiger partial charge on any atom is -0.481 e. The second kappa shape index (κ2) is 6.89. The number of rotatable bonds is 7. The lowest BCUT2D eigenvalue weighted by Gasteiger charge is -2.26. The highest BCUT2D eigenvalue weighted by molar-refractivity contribution is 5.79. The number of aliphatic carboxylic acids is 1. The van der Waals surface area contributed by atoms with E-state index in [9.17, 15) is 9.59 Å². The van der Waals surface area contributed by atoms with Crippen LogP contribution in [-0.2, 0) is 9.59 Å². The van der Waals surface area contributed by atoms with Crippen LogP contribution in [0.3, 0.4) is 0 Å². The monoisotopic (exact) mass is 225 g/mol. The first kappa shape index (κ1) is 14.5. The highest BCUT2D eigenvalue weighted by atomic mass is 16.4. The second-order valence-electron chi connectivity index (χ2n) is 3.77. The van der Waals surface area contributed by atoms with Gasteiger partial charge < -0.3 is 10.4 Å². The first-order chi connectivity index (χ1) is 7.52. The molecule has 90 valence electrons. The molecule has 0 saturated carbocycles. The third-order valence-electron chi connectivity index (χ3n) is 2.93. The fourth-order valence-electron chi connectivity index (χ4n) is 1.42. The summed E-state index contributed by atoms with van der Waals surface area (Å²) in [5, 5.41) is 11.8. The van der Waals surface area contributed by atoms with E-state index in [1.165, 1.54) is 0 Å². The summed E-state index contributed by atoms with van der Waals surface area (Å²) < 4.78 is 0. The smallest absolute Gasteiger partial charge is 0.311 e. The maximum absolute atomic E-state index is 11.3. The number of carboxylic acid groups (broad SMARTS) is 1. The lowest BCUT2D eigenvalue weighted by molar-refractivity contribution is -0.149. The van der Waals surface area contributed by atoms with Crippen molar-refractivity contribution in [2.75, 3.05) is 6.54 Å². The molecular formula is C12H19NO3. The Kier molecular flexibility index (Phi) is 6.24. The van der Waals surface area contributed by atoms with Gasteiger partial charge in [0.25, 0.3) is 0 Å². The van der Waals surface area contributed by atoms with Crippen molar-refractivity contribution in [3.8, 4) is 12.3 Å². The third-order valence-corrected chi connectivity index (χ3v) is 2.93. The van der Waals surface area contributed by atoms with Crippen molar-refractivity contribution >= 4 is 11.9 Å². The molecule has 0 aromatic carbocycles. The highest BCUT2D eigenvalue weighted by Crippen LogP contribution is 2.25. The van der Waals surface area contributed by atoms with Crippen molar-refractivity contribution in [2.24, 2.45) is 5.41 Å². The number of hydrogen-bond donors (Lipinski definition) is 2. The standard InChI is InChI=1S/C12H19NO3/c1-4-7-8-10(14)13-9-12(5-2,6-3)11(15)16/h1H,5-9H2,2-3H3,(H,13,14)(H,15,16). The number of nitrogens with one attached hydrogen (secondary N) is 1. The number of terminal acetylenes is 1. The van der Waals surface area contributed by atoms with Crippen LogP contribution in [0.1, 0.15) is 39.5 Å². The second-order valence-corrected chi connectivity index (χ2v) is 3.77. The first-order valence-corrected chi connectivity index (χ1v) is 5.46.